The number of hydrogen-bond acceptors (Lipinski definition) is 4. The number of piperidine rings is 1. The van der Waals surface area contributed by atoms with Crippen LogP contribution >= 0.6 is 0 Å². The van der Waals surface area contributed by atoms with E-state index in [1.54, 1.807) is 4.90 Å². The number of ether oxygens (including phenoxy) is 1. The van der Waals surface area contributed by atoms with Crippen LogP contribution in [0.5, 0.6) is 6.01 Å². The van der Waals surface area contributed by atoms with Gasteiger partial charge in [-0.25, -0.2) is 4.98 Å². The summed E-state index contributed by atoms with van der Waals surface area (Å²) in [6, 6.07) is 0.525. The van der Waals surface area contributed by atoms with Crippen LogP contribution in [0.4, 0.5) is 13.2 Å². The molecule has 1 aliphatic carbocycles. The highest BCUT2D eigenvalue weighted by Crippen LogP contribution is 2.30. The predicted molar refractivity (Wildman–Crippen MR) is 88.5 cm³/mol. The third-order valence-electron chi connectivity index (χ3n) is 5.17. The molecule has 0 radical (unpaired) electrons. The van der Waals surface area contributed by atoms with Crippen LogP contribution < -0.4 is 4.74 Å². The first kappa shape index (κ1) is 18.9. The molecule has 3 rings (SSSR count). The zero-order valence-electron chi connectivity index (χ0n) is 14.7. The fraction of sp³-hybridized carbons (Fsp3) is 0.722. The molecule has 8 heteroatoms. The van der Waals surface area contributed by atoms with E-state index in [9.17, 15) is 18.0 Å². The van der Waals surface area contributed by atoms with Crippen molar-refractivity contribution in [3.63, 3.8) is 0 Å². The minimum atomic E-state index is -4.53. The molecule has 144 valence electrons. The van der Waals surface area contributed by atoms with E-state index < -0.39 is 11.9 Å². The molecule has 0 bridgehead atoms. The van der Waals surface area contributed by atoms with Gasteiger partial charge in [-0.05, 0) is 31.2 Å². The number of alkyl halides is 3. The lowest BCUT2D eigenvalue weighted by atomic mass is 10.0. The topological polar surface area (TPSA) is 55.3 Å². The summed E-state index contributed by atoms with van der Waals surface area (Å²) in [7, 11) is 0. The Morgan fingerprint density at radius 2 is 2.00 bits per heavy atom. The quantitative estimate of drug-likeness (QED) is 0.789. The van der Waals surface area contributed by atoms with Crippen molar-refractivity contribution in [1.29, 1.82) is 0 Å². The zero-order valence-corrected chi connectivity index (χ0v) is 14.7. The van der Waals surface area contributed by atoms with Crippen LogP contribution in [0.1, 0.15) is 57.1 Å². The molecule has 5 nitrogen and oxygen atoms in total. The van der Waals surface area contributed by atoms with Gasteiger partial charge in [0, 0.05) is 19.2 Å². The molecule has 0 N–H and O–H groups in total. The Bertz CT molecular complexity index is 618. The number of halogens is 3. The first-order valence-electron chi connectivity index (χ1n) is 9.26. The molecular weight excluding hydrogens is 347 g/mol. The fourth-order valence-corrected chi connectivity index (χ4v) is 3.75. The Balaban J connectivity index is 1.52. The van der Waals surface area contributed by atoms with Crippen molar-refractivity contribution < 1.29 is 22.7 Å². The second-order valence-corrected chi connectivity index (χ2v) is 7.13. The molecule has 0 aromatic carbocycles. The van der Waals surface area contributed by atoms with Crippen LogP contribution in [0.15, 0.2) is 12.3 Å². The average molecular weight is 371 g/mol. The molecule has 1 unspecified atom stereocenters. The van der Waals surface area contributed by atoms with E-state index in [0.29, 0.717) is 31.8 Å². The summed E-state index contributed by atoms with van der Waals surface area (Å²) >= 11 is 0. The van der Waals surface area contributed by atoms with Gasteiger partial charge in [0.05, 0.1) is 6.54 Å². The lowest BCUT2D eigenvalue weighted by Gasteiger charge is -2.32. The van der Waals surface area contributed by atoms with E-state index in [4.69, 9.17) is 4.74 Å². The smallest absolute Gasteiger partial charge is 0.433 e. The Hall–Kier alpha value is -1.86. The summed E-state index contributed by atoms with van der Waals surface area (Å²) in [6.45, 7) is 1.05. The molecule has 1 aliphatic heterocycles. The number of nitrogens with zero attached hydrogens (tertiary/aromatic N) is 3. The molecule has 1 amide bonds. The van der Waals surface area contributed by atoms with Crippen molar-refractivity contribution in [3.05, 3.63) is 18.0 Å². The molecule has 26 heavy (non-hydrogen) atoms. The number of carbonyl (C=O) groups excluding carboxylic acids is 1. The van der Waals surface area contributed by atoms with Crippen molar-refractivity contribution in [3.8, 4) is 6.01 Å². The van der Waals surface area contributed by atoms with E-state index in [0.717, 1.165) is 25.1 Å². The van der Waals surface area contributed by atoms with Gasteiger partial charge in [-0.1, -0.05) is 25.7 Å². The Labute approximate surface area is 150 Å². The first-order valence-corrected chi connectivity index (χ1v) is 9.26. The van der Waals surface area contributed by atoms with Gasteiger partial charge in [0.1, 0.15) is 6.10 Å². The van der Waals surface area contributed by atoms with Gasteiger partial charge in [0.2, 0.25) is 5.91 Å². The van der Waals surface area contributed by atoms with E-state index >= 15 is 0 Å². The molecule has 1 aromatic rings. The molecule has 2 fully saturated rings. The largest absolute Gasteiger partial charge is 0.458 e. The second-order valence-electron chi connectivity index (χ2n) is 7.13. The Morgan fingerprint density at radius 3 is 2.73 bits per heavy atom. The van der Waals surface area contributed by atoms with Crippen LogP contribution in [0.25, 0.3) is 0 Å². The molecule has 0 spiro atoms. The third-order valence-corrected chi connectivity index (χ3v) is 5.17. The minimum Gasteiger partial charge on any atom is -0.458 e. The molecule has 1 aromatic heterocycles. The van der Waals surface area contributed by atoms with E-state index in [1.807, 2.05) is 0 Å². The maximum atomic E-state index is 12.7. The summed E-state index contributed by atoms with van der Waals surface area (Å²) in [4.78, 5) is 21.4. The molecule has 1 atom stereocenters. The van der Waals surface area contributed by atoms with Gasteiger partial charge in [-0.3, -0.25) is 4.79 Å². The summed E-state index contributed by atoms with van der Waals surface area (Å²) < 4.78 is 43.7. The predicted octanol–water partition coefficient (Wildman–Crippen LogP) is 3.84. The van der Waals surface area contributed by atoms with Gasteiger partial charge in [-0.2, -0.15) is 18.2 Å². The molecule has 2 aliphatic rings. The molecular formula is C18H24F3N3O2. The van der Waals surface area contributed by atoms with Gasteiger partial charge < -0.3 is 9.64 Å². The Morgan fingerprint density at radius 1 is 1.23 bits per heavy atom. The summed E-state index contributed by atoms with van der Waals surface area (Å²) in [5.41, 5.74) is -1.03. The fourth-order valence-electron chi connectivity index (χ4n) is 3.75. The highest BCUT2D eigenvalue weighted by Gasteiger charge is 2.33. The number of aromatic nitrogens is 2. The van der Waals surface area contributed by atoms with E-state index in [1.165, 1.54) is 25.7 Å². The normalized spacial score (nSPS) is 21.8. The van der Waals surface area contributed by atoms with Crippen LogP contribution in [-0.4, -0.2) is 40.0 Å². The molecule has 1 saturated carbocycles. The van der Waals surface area contributed by atoms with Crippen LogP contribution in [0.2, 0.25) is 0 Å². The van der Waals surface area contributed by atoms with E-state index in [-0.39, 0.29) is 18.0 Å². The standard InChI is InChI=1S/C18H24F3N3O2/c19-18(20,21)15-9-10-22-17(23-15)26-14-6-3-11-24(12-14)16(25)8-7-13-4-1-2-5-13/h9-10,13-14H,1-8,11-12H2. The highest BCUT2D eigenvalue weighted by atomic mass is 19.4. The number of hydrogen-bond donors (Lipinski definition) is 0. The monoisotopic (exact) mass is 371 g/mol. The average Bonchev–Trinajstić information content (AvgIpc) is 3.13. The van der Waals surface area contributed by atoms with Crippen LogP contribution in [0.3, 0.4) is 0 Å². The van der Waals surface area contributed by atoms with Crippen molar-refractivity contribution in [2.75, 3.05) is 13.1 Å². The van der Waals surface area contributed by atoms with Crippen molar-refractivity contribution in [2.24, 2.45) is 5.92 Å². The van der Waals surface area contributed by atoms with Gasteiger partial charge in [0.15, 0.2) is 5.69 Å². The number of carbonyl (C=O) groups is 1. The summed E-state index contributed by atoms with van der Waals surface area (Å²) in [5.74, 6) is 0.768. The number of rotatable bonds is 5. The van der Waals surface area contributed by atoms with Crippen molar-refractivity contribution >= 4 is 5.91 Å². The lowest BCUT2D eigenvalue weighted by molar-refractivity contribution is -0.141. The maximum Gasteiger partial charge on any atom is 0.433 e. The Kier molecular flexibility index (Phi) is 5.98. The summed E-state index contributed by atoms with van der Waals surface area (Å²) in [5, 5.41) is 0. The lowest BCUT2D eigenvalue weighted by Crippen LogP contribution is -2.44. The van der Waals surface area contributed by atoms with E-state index in [2.05, 4.69) is 9.97 Å². The van der Waals surface area contributed by atoms with Crippen molar-refractivity contribution in [1.82, 2.24) is 14.9 Å². The highest BCUT2D eigenvalue weighted by molar-refractivity contribution is 5.76. The van der Waals surface area contributed by atoms with Crippen molar-refractivity contribution in [2.45, 2.75) is 63.6 Å². The molecule has 2 heterocycles. The minimum absolute atomic E-state index is 0.107. The molecule has 1 saturated heterocycles. The maximum absolute atomic E-state index is 12.7. The van der Waals surface area contributed by atoms with Crippen LogP contribution in [-0.2, 0) is 11.0 Å². The number of likely N-dealkylation sites (tertiary alicyclic amines) is 1. The number of amides is 1. The SMILES string of the molecule is O=C(CCC1CCCC1)N1CCCC(Oc2nccc(C(F)(F)F)n2)C1. The van der Waals surface area contributed by atoms with Gasteiger partial charge in [-0.15, -0.1) is 0 Å². The van der Waals surface area contributed by atoms with Crippen LogP contribution in [0, 0.1) is 5.92 Å². The second kappa shape index (κ2) is 8.22. The summed E-state index contributed by atoms with van der Waals surface area (Å²) in [6.07, 6.45) is 3.99. The third kappa shape index (κ3) is 5.08. The first-order chi connectivity index (χ1) is 12.4. The van der Waals surface area contributed by atoms with Gasteiger partial charge >= 0.3 is 12.2 Å². The zero-order chi connectivity index (χ0) is 18.6. The van der Waals surface area contributed by atoms with Gasteiger partial charge in [0.25, 0.3) is 0 Å².